The first-order valence-electron chi connectivity index (χ1n) is 6.27. The summed E-state index contributed by atoms with van der Waals surface area (Å²) in [6.45, 7) is 2.68. The van der Waals surface area contributed by atoms with Gasteiger partial charge in [-0.05, 0) is 12.5 Å². The first kappa shape index (κ1) is 14.3. The van der Waals surface area contributed by atoms with Crippen LogP contribution in [0.3, 0.4) is 0 Å². The van der Waals surface area contributed by atoms with Crippen molar-refractivity contribution in [2.75, 3.05) is 12.3 Å². The fraction of sp³-hybridized carbons (Fsp3) is 0.538. The topological polar surface area (TPSA) is 85.4 Å². The normalized spacial score (nSPS) is 10.3. The summed E-state index contributed by atoms with van der Waals surface area (Å²) >= 11 is 0. The van der Waals surface area contributed by atoms with Gasteiger partial charge in [0.15, 0.2) is 0 Å². The van der Waals surface area contributed by atoms with Crippen LogP contribution in [0.15, 0.2) is 12.3 Å². The molecule has 0 aliphatic heterocycles. The summed E-state index contributed by atoms with van der Waals surface area (Å²) in [4.78, 5) is 14.8. The predicted octanol–water partition coefficient (Wildman–Crippen LogP) is 2.71. The number of anilines is 1. The molecule has 5 heteroatoms. The number of hydrogen-bond acceptors (Lipinski definition) is 4. The number of nitrogens with two attached hydrogens (primary N) is 1. The van der Waals surface area contributed by atoms with Crippen LogP contribution in [0.2, 0.25) is 0 Å². The molecule has 5 nitrogen and oxygen atoms in total. The molecule has 0 saturated heterocycles. The zero-order valence-electron chi connectivity index (χ0n) is 10.7. The zero-order chi connectivity index (χ0) is 13.4. The second-order valence-electron chi connectivity index (χ2n) is 4.15. The molecule has 0 amide bonds. The molecule has 100 valence electrons. The van der Waals surface area contributed by atoms with Gasteiger partial charge < -0.3 is 15.6 Å². The Hall–Kier alpha value is -1.78. The Morgan fingerprint density at radius 1 is 1.39 bits per heavy atom. The summed E-state index contributed by atoms with van der Waals surface area (Å²) in [6, 6.07) is 1.37. The Labute approximate surface area is 107 Å². The van der Waals surface area contributed by atoms with Crippen LogP contribution >= 0.6 is 0 Å². The van der Waals surface area contributed by atoms with Crippen molar-refractivity contribution in [2.45, 2.75) is 39.0 Å². The van der Waals surface area contributed by atoms with Gasteiger partial charge in [-0.15, -0.1) is 0 Å². The van der Waals surface area contributed by atoms with Crippen molar-refractivity contribution in [3.8, 4) is 5.88 Å². The molecule has 1 rings (SSSR count). The van der Waals surface area contributed by atoms with Crippen molar-refractivity contribution in [3.05, 3.63) is 17.8 Å². The van der Waals surface area contributed by atoms with E-state index in [2.05, 4.69) is 11.9 Å². The van der Waals surface area contributed by atoms with Gasteiger partial charge in [-0.3, -0.25) is 0 Å². The first-order valence-corrected chi connectivity index (χ1v) is 6.27. The van der Waals surface area contributed by atoms with E-state index in [9.17, 15) is 4.79 Å². The van der Waals surface area contributed by atoms with Crippen LogP contribution in [0.4, 0.5) is 5.69 Å². The molecule has 18 heavy (non-hydrogen) atoms. The third-order valence-electron chi connectivity index (χ3n) is 2.67. The third-order valence-corrected chi connectivity index (χ3v) is 2.67. The average Bonchev–Trinajstić information content (AvgIpc) is 2.35. The van der Waals surface area contributed by atoms with Crippen molar-refractivity contribution in [1.82, 2.24) is 4.98 Å². The number of hydrogen-bond donors (Lipinski definition) is 2. The summed E-state index contributed by atoms with van der Waals surface area (Å²) in [5, 5.41) is 8.90. The molecule has 0 saturated carbocycles. The smallest absolute Gasteiger partial charge is 0.338 e. The van der Waals surface area contributed by atoms with Gasteiger partial charge in [0.25, 0.3) is 0 Å². The Bertz CT molecular complexity index is 394. The van der Waals surface area contributed by atoms with E-state index in [1.54, 1.807) is 0 Å². The van der Waals surface area contributed by atoms with Crippen molar-refractivity contribution in [1.29, 1.82) is 0 Å². The molecular formula is C13H20N2O3. The summed E-state index contributed by atoms with van der Waals surface area (Å²) in [7, 11) is 0. The third kappa shape index (κ3) is 4.24. The van der Waals surface area contributed by atoms with Crippen molar-refractivity contribution in [2.24, 2.45) is 0 Å². The highest BCUT2D eigenvalue weighted by Gasteiger charge is 2.12. The second kappa shape index (κ2) is 7.53. The number of aromatic carboxylic acids is 1. The molecule has 3 N–H and O–H groups in total. The molecule has 0 spiro atoms. The van der Waals surface area contributed by atoms with Gasteiger partial charge in [0, 0.05) is 6.20 Å². The van der Waals surface area contributed by atoms with Crippen molar-refractivity contribution < 1.29 is 14.6 Å². The molecule has 0 unspecified atom stereocenters. The molecule has 0 aromatic carbocycles. The highest BCUT2D eigenvalue weighted by molar-refractivity contribution is 5.94. The minimum absolute atomic E-state index is 0.0333. The lowest BCUT2D eigenvalue weighted by Gasteiger charge is -2.09. The van der Waals surface area contributed by atoms with Crippen LogP contribution in [0, 0.1) is 0 Å². The first-order chi connectivity index (χ1) is 8.66. The fourth-order valence-electron chi connectivity index (χ4n) is 1.63. The lowest BCUT2D eigenvalue weighted by atomic mass is 10.2. The number of carbonyl (C=O) groups is 1. The maximum atomic E-state index is 10.9. The highest BCUT2D eigenvalue weighted by Crippen LogP contribution is 2.22. The molecule has 0 aliphatic rings. The molecule has 0 fully saturated rings. The summed E-state index contributed by atoms with van der Waals surface area (Å²) < 4.78 is 5.41. The van der Waals surface area contributed by atoms with E-state index in [1.807, 2.05) is 0 Å². The SMILES string of the molecule is CCCCCCCOc1nccc(C(=O)O)c1N. The monoisotopic (exact) mass is 252 g/mol. The number of aromatic nitrogens is 1. The van der Waals surface area contributed by atoms with E-state index in [-0.39, 0.29) is 17.1 Å². The molecule has 0 radical (unpaired) electrons. The van der Waals surface area contributed by atoms with Crippen LogP contribution in [0.25, 0.3) is 0 Å². The number of nitrogens with zero attached hydrogens (tertiary/aromatic N) is 1. The number of pyridine rings is 1. The molecule has 0 aliphatic carbocycles. The molecule has 1 aromatic heterocycles. The largest absolute Gasteiger partial charge is 0.478 e. The summed E-state index contributed by atoms with van der Waals surface area (Å²) in [5.74, 6) is -0.854. The van der Waals surface area contributed by atoms with Crippen molar-refractivity contribution >= 4 is 11.7 Å². The number of unbranched alkanes of at least 4 members (excludes halogenated alkanes) is 4. The minimum atomic E-state index is -1.07. The molecule has 0 bridgehead atoms. The summed E-state index contributed by atoms with van der Waals surface area (Å²) in [6.07, 6.45) is 7.06. The molecular weight excluding hydrogens is 232 g/mol. The lowest BCUT2D eigenvalue weighted by Crippen LogP contribution is -2.07. The van der Waals surface area contributed by atoms with Gasteiger partial charge in [0.1, 0.15) is 5.69 Å². The lowest BCUT2D eigenvalue weighted by molar-refractivity contribution is 0.0697. The molecule has 1 heterocycles. The highest BCUT2D eigenvalue weighted by atomic mass is 16.5. The van der Waals surface area contributed by atoms with Crippen LogP contribution < -0.4 is 10.5 Å². The number of carboxylic acids is 1. The van der Waals surface area contributed by atoms with Gasteiger partial charge in [-0.25, -0.2) is 9.78 Å². The van der Waals surface area contributed by atoms with Crippen molar-refractivity contribution in [3.63, 3.8) is 0 Å². The quantitative estimate of drug-likeness (QED) is 0.695. The predicted molar refractivity (Wildman–Crippen MR) is 69.9 cm³/mol. The number of carboxylic acid groups (broad SMARTS) is 1. The van der Waals surface area contributed by atoms with E-state index in [1.165, 1.54) is 31.5 Å². The van der Waals surface area contributed by atoms with Gasteiger partial charge in [0.05, 0.1) is 12.2 Å². The number of ether oxygens (including phenoxy) is 1. The van der Waals surface area contributed by atoms with Gasteiger partial charge in [-0.1, -0.05) is 32.6 Å². The maximum absolute atomic E-state index is 10.9. The molecule has 0 atom stereocenters. The van der Waals surface area contributed by atoms with E-state index in [4.69, 9.17) is 15.6 Å². The Kier molecular flexibility index (Phi) is 5.97. The minimum Gasteiger partial charge on any atom is -0.478 e. The standard InChI is InChI=1S/C13H20N2O3/c1-2-3-4-5-6-9-18-12-11(14)10(13(16)17)7-8-15-12/h7-8H,2-6,9,14H2,1H3,(H,16,17). The summed E-state index contributed by atoms with van der Waals surface area (Å²) in [5.41, 5.74) is 5.81. The molecule has 1 aromatic rings. The van der Waals surface area contributed by atoms with Gasteiger partial charge in [0.2, 0.25) is 5.88 Å². The Balaban J connectivity index is 2.43. The second-order valence-corrected chi connectivity index (χ2v) is 4.15. The van der Waals surface area contributed by atoms with Crippen LogP contribution in [-0.2, 0) is 0 Å². The number of nitrogen functional groups attached to an aromatic ring is 1. The Morgan fingerprint density at radius 2 is 2.11 bits per heavy atom. The Morgan fingerprint density at radius 3 is 2.78 bits per heavy atom. The van der Waals surface area contributed by atoms with Crippen LogP contribution in [0.1, 0.15) is 49.4 Å². The fourth-order valence-corrected chi connectivity index (χ4v) is 1.63. The van der Waals surface area contributed by atoms with E-state index in [0.717, 1.165) is 12.8 Å². The van der Waals surface area contributed by atoms with Crippen LogP contribution in [0.5, 0.6) is 5.88 Å². The average molecular weight is 252 g/mol. The van der Waals surface area contributed by atoms with E-state index >= 15 is 0 Å². The number of rotatable bonds is 8. The zero-order valence-corrected chi connectivity index (χ0v) is 10.7. The van der Waals surface area contributed by atoms with E-state index < -0.39 is 5.97 Å². The van der Waals surface area contributed by atoms with E-state index in [0.29, 0.717) is 6.61 Å². The van der Waals surface area contributed by atoms with Gasteiger partial charge >= 0.3 is 5.97 Å². The van der Waals surface area contributed by atoms with Crippen LogP contribution in [-0.4, -0.2) is 22.7 Å². The van der Waals surface area contributed by atoms with Gasteiger partial charge in [-0.2, -0.15) is 0 Å². The maximum Gasteiger partial charge on any atom is 0.338 e.